The van der Waals surface area contributed by atoms with E-state index in [2.05, 4.69) is 5.10 Å². The average Bonchev–Trinajstić information content (AvgIpc) is 2.42. The third kappa shape index (κ3) is 1.86. The summed E-state index contributed by atoms with van der Waals surface area (Å²) in [5.41, 5.74) is 3.35. The van der Waals surface area contributed by atoms with Gasteiger partial charge < -0.3 is 0 Å². The summed E-state index contributed by atoms with van der Waals surface area (Å²) in [6, 6.07) is 1.39. The van der Waals surface area contributed by atoms with Gasteiger partial charge in [0.25, 0.3) is 5.91 Å². The standard InChI is InChI=1S/C8H13N3O2/c1-5-4-6(2)11(9-5)7(3)8(12)10-13/h4,7,13H,1-3H3,(H,10,12). The van der Waals surface area contributed by atoms with Gasteiger partial charge in [-0.15, -0.1) is 0 Å². The minimum absolute atomic E-state index is 0.466. The Hall–Kier alpha value is -1.36. The first-order chi connectivity index (χ1) is 6.06. The highest BCUT2D eigenvalue weighted by atomic mass is 16.5. The molecule has 2 N–H and O–H groups in total. The van der Waals surface area contributed by atoms with Crippen molar-refractivity contribution in [3.8, 4) is 0 Å². The molecule has 5 heteroatoms. The second kappa shape index (κ2) is 3.57. The van der Waals surface area contributed by atoms with Crippen LogP contribution in [0.2, 0.25) is 0 Å². The van der Waals surface area contributed by atoms with Crippen LogP contribution < -0.4 is 5.48 Å². The van der Waals surface area contributed by atoms with Gasteiger partial charge in [0.05, 0.1) is 5.69 Å². The Balaban J connectivity index is 2.94. The quantitative estimate of drug-likeness (QED) is 0.520. The fourth-order valence-electron chi connectivity index (χ4n) is 1.24. The van der Waals surface area contributed by atoms with Crippen LogP contribution in [0.4, 0.5) is 0 Å². The molecule has 1 aromatic heterocycles. The highest BCUT2D eigenvalue weighted by Crippen LogP contribution is 2.10. The first-order valence-electron chi connectivity index (χ1n) is 4.03. The normalized spacial score (nSPS) is 12.6. The van der Waals surface area contributed by atoms with Crippen molar-refractivity contribution in [2.75, 3.05) is 0 Å². The monoisotopic (exact) mass is 183 g/mol. The van der Waals surface area contributed by atoms with Gasteiger partial charge in [0.15, 0.2) is 0 Å². The number of aromatic nitrogens is 2. The molecule has 0 aromatic carbocycles. The van der Waals surface area contributed by atoms with Crippen molar-refractivity contribution in [3.05, 3.63) is 17.5 Å². The largest absolute Gasteiger partial charge is 0.289 e. The third-order valence-corrected chi connectivity index (χ3v) is 1.90. The summed E-state index contributed by atoms with van der Waals surface area (Å²) in [4.78, 5) is 11.1. The zero-order valence-electron chi connectivity index (χ0n) is 7.90. The smallest absolute Gasteiger partial charge is 0.267 e. The number of nitrogens with one attached hydrogen (secondary N) is 1. The van der Waals surface area contributed by atoms with Crippen LogP contribution in [0.25, 0.3) is 0 Å². The van der Waals surface area contributed by atoms with Gasteiger partial charge >= 0.3 is 0 Å². The lowest BCUT2D eigenvalue weighted by Gasteiger charge is -2.11. The molecule has 0 aliphatic heterocycles. The van der Waals surface area contributed by atoms with Crippen LogP contribution >= 0.6 is 0 Å². The van der Waals surface area contributed by atoms with Crippen molar-refractivity contribution in [1.29, 1.82) is 0 Å². The van der Waals surface area contributed by atoms with Crippen molar-refractivity contribution in [2.24, 2.45) is 0 Å². The number of hydrogen-bond donors (Lipinski definition) is 2. The van der Waals surface area contributed by atoms with Crippen LogP contribution in [-0.4, -0.2) is 20.9 Å². The molecule has 1 atom stereocenters. The summed E-state index contributed by atoms with van der Waals surface area (Å²) in [5, 5.41) is 12.5. The molecular weight excluding hydrogens is 170 g/mol. The van der Waals surface area contributed by atoms with Crippen LogP contribution in [0.15, 0.2) is 6.07 Å². The number of nitrogens with zero attached hydrogens (tertiary/aromatic N) is 2. The number of aryl methyl sites for hydroxylation is 2. The van der Waals surface area contributed by atoms with Crippen molar-refractivity contribution in [2.45, 2.75) is 26.8 Å². The van der Waals surface area contributed by atoms with E-state index in [1.165, 1.54) is 0 Å². The van der Waals surface area contributed by atoms with E-state index in [0.717, 1.165) is 11.4 Å². The van der Waals surface area contributed by atoms with Gasteiger partial charge in [-0.25, -0.2) is 5.48 Å². The Kier molecular flexibility index (Phi) is 2.67. The predicted octanol–water partition coefficient (Wildman–Crippen LogP) is 0.566. The fourth-order valence-corrected chi connectivity index (χ4v) is 1.24. The molecule has 0 saturated heterocycles. The maximum Gasteiger partial charge on any atom is 0.267 e. The van der Waals surface area contributed by atoms with Crippen molar-refractivity contribution in [1.82, 2.24) is 15.3 Å². The summed E-state index contributed by atoms with van der Waals surface area (Å²) in [6.45, 7) is 5.39. The Labute approximate surface area is 76.3 Å². The number of hydroxylamine groups is 1. The van der Waals surface area contributed by atoms with E-state index in [1.54, 1.807) is 17.1 Å². The average molecular weight is 183 g/mol. The molecule has 1 unspecified atom stereocenters. The molecule has 0 saturated carbocycles. The van der Waals surface area contributed by atoms with E-state index in [4.69, 9.17) is 5.21 Å². The zero-order valence-corrected chi connectivity index (χ0v) is 7.90. The minimum atomic E-state index is -0.487. The molecule has 0 aliphatic rings. The van der Waals surface area contributed by atoms with Crippen LogP contribution in [-0.2, 0) is 4.79 Å². The highest BCUT2D eigenvalue weighted by Gasteiger charge is 2.16. The molecule has 72 valence electrons. The Morgan fingerprint density at radius 1 is 1.69 bits per heavy atom. The van der Waals surface area contributed by atoms with Crippen LogP contribution in [0.3, 0.4) is 0 Å². The van der Waals surface area contributed by atoms with Crippen LogP contribution in [0.5, 0.6) is 0 Å². The lowest BCUT2D eigenvalue weighted by atomic mass is 10.3. The molecule has 1 heterocycles. The Morgan fingerprint density at radius 2 is 2.31 bits per heavy atom. The summed E-state index contributed by atoms with van der Waals surface area (Å²) in [7, 11) is 0. The van der Waals surface area contributed by atoms with E-state index in [1.807, 2.05) is 19.9 Å². The molecule has 0 radical (unpaired) electrons. The van der Waals surface area contributed by atoms with Gasteiger partial charge in [0.1, 0.15) is 6.04 Å². The molecular formula is C8H13N3O2. The third-order valence-electron chi connectivity index (χ3n) is 1.90. The molecule has 5 nitrogen and oxygen atoms in total. The van der Waals surface area contributed by atoms with Crippen molar-refractivity contribution < 1.29 is 10.0 Å². The van der Waals surface area contributed by atoms with E-state index >= 15 is 0 Å². The minimum Gasteiger partial charge on any atom is -0.289 e. The van der Waals surface area contributed by atoms with Gasteiger partial charge in [-0.05, 0) is 26.8 Å². The van der Waals surface area contributed by atoms with Gasteiger partial charge in [-0.2, -0.15) is 5.10 Å². The lowest BCUT2D eigenvalue weighted by molar-refractivity contribution is -0.132. The number of carbonyl (C=O) groups excluding carboxylic acids is 1. The second-order valence-electron chi connectivity index (χ2n) is 3.02. The van der Waals surface area contributed by atoms with E-state index in [9.17, 15) is 4.79 Å². The van der Waals surface area contributed by atoms with Gasteiger partial charge in [-0.3, -0.25) is 14.7 Å². The van der Waals surface area contributed by atoms with E-state index in [-0.39, 0.29) is 0 Å². The van der Waals surface area contributed by atoms with Crippen molar-refractivity contribution in [3.63, 3.8) is 0 Å². The van der Waals surface area contributed by atoms with E-state index in [0.29, 0.717) is 0 Å². The molecule has 1 rings (SSSR count). The fraction of sp³-hybridized carbons (Fsp3) is 0.500. The summed E-state index contributed by atoms with van der Waals surface area (Å²) in [6.07, 6.45) is 0. The van der Waals surface area contributed by atoms with Gasteiger partial charge in [0, 0.05) is 5.69 Å². The number of carbonyl (C=O) groups is 1. The number of rotatable bonds is 2. The van der Waals surface area contributed by atoms with Crippen LogP contribution in [0.1, 0.15) is 24.4 Å². The zero-order chi connectivity index (χ0) is 10.0. The highest BCUT2D eigenvalue weighted by molar-refractivity contribution is 5.78. The molecule has 0 aliphatic carbocycles. The number of hydrogen-bond acceptors (Lipinski definition) is 3. The topological polar surface area (TPSA) is 67.2 Å². The molecule has 13 heavy (non-hydrogen) atoms. The SMILES string of the molecule is Cc1cc(C)n(C(C)C(=O)NO)n1. The van der Waals surface area contributed by atoms with Crippen LogP contribution in [0, 0.1) is 13.8 Å². The summed E-state index contributed by atoms with van der Waals surface area (Å²) < 4.78 is 1.57. The maximum atomic E-state index is 11.1. The lowest BCUT2D eigenvalue weighted by Crippen LogP contribution is -2.29. The first-order valence-corrected chi connectivity index (χ1v) is 4.03. The molecule has 0 bridgehead atoms. The van der Waals surface area contributed by atoms with Gasteiger partial charge in [-0.1, -0.05) is 0 Å². The maximum absolute atomic E-state index is 11.1. The predicted molar refractivity (Wildman–Crippen MR) is 46.3 cm³/mol. The summed E-state index contributed by atoms with van der Waals surface area (Å²) in [5.74, 6) is -0.466. The first kappa shape index (κ1) is 9.73. The van der Waals surface area contributed by atoms with Crippen molar-refractivity contribution >= 4 is 5.91 Å². The Morgan fingerprint density at radius 3 is 2.69 bits per heavy atom. The summed E-state index contributed by atoms with van der Waals surface area (Å²) >= 11 is 0. The van der Waals surface area contributed by atoms with Gasteiger partial charge in [0.2, 0.25) is 0 Å². The molecule has 0 fully saturated rings. The second-order valence-corrected chi connectivity index (χ2v) is 3.02. The molecule has 1 amide bonds. The Bertz CT molecular complexity index is 319. The van der Waals surface area contributed by atoms with E-state index < -0.39 is 11.9 Å². The molecule has 1 aromatic rings. The number of amides is 1. The molecule has 0 spiro atoms.